The molecule has 2 rings (SSSR count). The molecule has 108 valence electrons. The molecule has 0 atom stereocenters. The fourth-order valence-corrected chi connectivity index (χ4v) is 1.83. The van der Waals surface area contributed by atoms with Gasteiger partial charge in [-0.25, -0.2) is 0 Å². The highest BCUT2D eigenvalue weighted by Crippen LogP contribution is 2.07. The van der Waals surface area contributed by atoms with E-state index in [1.807, 2.05) is 24.9 Å². The molecule has 2 aromatic heterocycles. The van der Waals surface area contributed by atoms with Gasteiger partial charge in [-0.15, -0.1) is 0 Å². The van der Waals surface area contributed by atoms with E-state index in [-0.39, 0.29) is 12.5 Å². The Morgan fingerprint density at radius 2 is 2.35 bits per heavy atom. The van der Waals surface area contributed by atoms with Gasteiger partial charge in [-0.05, 0) is 13.5 Å². The molecule has 0 aliphatic rings. The predicted molar refractivity (Wildman–Crippen MR) is 74.1 cm³/mol. The second kappa shape index (κ2) is 6.33. The molecule has 7 nitrogen and oxygen atoms in total. The van der Waals surface area contributed by atoms with Crippen LogP contribution < -0.4 is 5.32 Å². The van der Waals surface area contributed by atoms with Crippen LogP contribution in [0, 0.1) is 0 Å². The summed E-state index contributed by atoms with van der Waals surface area (Å²) >= 11 is 0. The second-order valence-corrected chi connectivity index (χ2v) is 4.73. The molecule has 1 N–H and O–H groups in total. The first-order chi connectivity index (χ1) is 9.56. The Bertz CT molecular complexity index is 575. The average molecular weight is 277 g/mol. The first kappa shape index (κ1) is 14.3. The third-order valence-corrected chi connectivity index (χ3v) is 2.79. The van der Waals surface area contributed by atoms with E-state index in [9.17, 15) is 4.79 Å². The van der Waals surface area contributed by atoms with Crippen LogP contribution in [0.3, 0.4) is 0 Å². The van der Waals surface area contributed by atoms with Gasteiger partial charge in [0.05, 0.1) is 18.8 Å². The molecule has 0 saturated heterocycles. The zero-order valence-electron chi connectivity index (χ0n) is 12.0. The SMILES string of the molecule is CCc1cc(CN(C)CC(=O)Nc2ccn(C)n2)on1. The maximum Gasteiger partial charge on any atom is 0.239 e. The minimum absolute atomic E-state index is 0.110. The number of amides is 1. The smallest absolute Gasteiger partial charge is 0.239 e. The van der Waals surface area contributed by atoms with Crippen LogP contribution in [0.4, 0.5) is 5.82 Å². The number of nitrogens with zero attached hydrogens (tertiary/aromatic N) is 4. The Kier molecular flexibility index (Phi) is 4.52. The molecule has 0 fully saturated rings. The molecule has 0 saturated carbocycles. The van der Waals surface area contributed by atoms with Gasteiger partial charge >= 0.3 is 0 Å². The number of rotatable bonds is 6. The third kappa shape index (κ3) is 3.92. The van der Waals surface area contributed by atoms with Crippen LogP contribution in [-0.4, -0.2) is 39.3 Å². The summed E-state index contributed by atoms with van der Waals surface area (Å²) in [6.07, 6.45) is 2.62. The Labute approximate surface area is 117 Å². The van der Waals surface area contributed by atoms with Gasteiger partial charge in [0, 0.05) is 25.4 Å². The summed E-state index contributed by atoms with van der Waals surface area (Å²) in [4.78, 5) is 13.7. The molecule has 0 unspecified atom stereocenters. The molecular formula is C13H19N5O2. The lowest BCUT2D eigenvalue weighted by Crippen LogP contribution is -2.29. The fraction of sp³-hybridized carbons (Fsp3) is 0.462. The Morgan fingerprint density at radius 1 is 1.55 bits per heavy atom. The number of carbonyl (C=O) groups is 1. The second-order valence-electron chi connectivity index (χ2n) is 4.73. The van der Waals surface area contributed by atoms with Crippen LogP contribution in [0.1, 0.15) is 18.4 Å². The summed E-state index contributed by atoms with van der Waals surface area (Å²) in [7, 11) is 3.66. The number of nitrogens with one attached hydrogen (secondary N) is 1. The molecular weight excluding hydrogens is 258 g/mol. The van der Waals surface area contributed by atoms with E-state index in [4.69, 9.17) is 4.52 Å². The van der Waals surface area contributed by atoms with Crippen LogP contribution in [0.5, 0.6) is 0 Å². The highest BCUT2D eigenvalue weighted by Gasteiger charge is 2.11. The maximum atomic E-state index is 11.8. The Morgan fingerprint density at radius 3 is 2.95 bits per heavy atom. The highest BCUT2D eigenvalue weighted by molar-refractivity contribution is 5.91. The molecule has 0 aliphatic carbocycles. The lowest BCUT2D eigenvalue weighted by atomic mass is 10.3. The molecule has 2 heterocycles. The van der Waals surface area contributed by atoms with Crippen molar-refractivity contribution in [2.24, 2.45) is 7.05 Å². The minimum Gasteiger partial charge on any atom is -0.360 e. The van der Waals surface area contributed by atoms with E-state index < -0.39 is 0 Å². The monoisotopic (exact) mass is 277 g/mol. The molecule has 0 aromatic carbocycles. The van der Waals surface area contributed by atoms with Crippen molar-refractivity contribution >= 4 is 11.7 Å². The van der Waals surface area contributed by atoms with Gasteiger partial charge in [-0.3, -0.25) is 14.4 Å². The molecule has 2 aromatic rings. The van der Waals surface area contributed by atoms with Crippen molar-refractivity contribution in [3.63, 3.8) is 0 Å². The van der Waals surface area contributed by atoms with E-state index in [0.717, 1.165) is 17.9 Å². The maximum absolute atomic E-state index is 11.8. The van der Waals surface area contributed by atoms with Gasteiger partial charge in [0.25, 0.3) is 0 Å². The number of carbonyl (C=O) groups excluding carboxylic acids is 1. The van der Waals surface area contributed by atoms with Crippen LogP contribution >= 0.6 is 0 Å². The number of likely N-dealkylation sites (N-methyl/N-ethyl adjacent to an activating group) is 1. The van der Waals surface area contributed by atoms with E-state index in [1.54, 1.807) is 24.0 Å². The predicted octanol–water partition coefficient (Wildman–Crippen LogP) is 1.04. The summed E-state index contributed by atoms with van der Waals surface area (Å²) in [5.74, 6) is 1.20. The van der Waals surface area contributed by atoms with Crippen molar-refractivity contribution < 1.29 is 9.32 Å². The Balaban J connectivity index is 1.81. The van der Waals surface area contributed by atoms with E-state index in [2.05, 4.69) is 15.6 Å². The quantitative estimate of drug-likeness (QED) is 0.853. The summed E-state index contributed by atoms with van der Waals surface area (Å²) in [5.41, 5.74) is 0.923. The first-order valence-corrected chi connectivity index (χ1v) is 6.49. The van der Waals surface area contributed by atoms with E-state index >= 15 is 0 Å². The van der Waals surface area contributed by atoms with Gasteiger partial charge in [-0.1, -0.05) is 12.1 Å². The Hall–Kier alpha value is -2.15. The van der Waals surface area contributed by atoms with Crippen molar-refractivity contribution in [3.8, 4) is 0 Å². The van der Waals surface area contributed by atoms with Crippen molar-refractivity contribution in [2.45, 2.75) is 19.9 Å². The summed E-state index contributed by atoms with van der Waals surface area (Å²) in [6.45, 7) is 2.83. The average Bonchev–Trinajstić information content (AvgIpc) is 2.98. The van der Waals surface area contributed by atoms with Gasteiger partial charge in [0.2, 0.25) is 5.91 Å². The van der Waals surface area contributed by atoms with E-state index in [1.165, 1.54) is 0 Å². The fourth-order valence-electron chi connectivity index (χ4n) is 1.83. The zero-order valence-corrected chi connectivity index (χ0v) is 12.0. The molecule has 1 amide bonds. The standard InChI is InChI=1S/C13H19N5O2/c1-4-10-7-11(20-16-10)8-17(2)9-13(19)14-12-5-6-18(3)15-12/h5-7H,4,8-9H2,1-3H3,(H,14,15,19). The lowest BCUT2D eigenvalue weighted by Gasteiger charge is -2.13. The van der Waals surface area contributed by atoms with Crippen LogP contribution in [0.15, 0.2) is 22.9 Å². The third-order valence-electron chi connectivity index (χ3n) is 2.79. The molecule has 0 bridgehead atoms. The first-order valence-electron chi connectivity index (χ1n) is 6.49. The van der Waals surface area contributed by atoms with Gasteiger partial charge in [0.15, 0.2) is 11.6 Å². The molecule has 0 radical (unpaired) electrons. The van der Waals surface area contributed by atoms with Crippen molar-refractivity contribution in [1.82, 2.24) is 19.8 Å². The number of hydrogen-bond donors (Lipinski definition) is 1. The van der Waals surface area contributed by atoms with Gasteiger partial charge in [-0.2, -0.15) is 5.10 Å². The normalized spacial score (nSPS) is 11.0. The topological polar surface area (TPSA) is 76.2 Å². The van der Waals surface area contributed by atoms with Crippen molar-refractivity contribution in [1.29, 1.82) is 0 Å². The molecule has 7 heteroatoms. The number of hydrogen-bond acceptors (Lipinski definition) is 5. The zero-order chi connectivity index (χ0) is 14.5. The van der Waals surface area contributed by atoms with E-state index in [0.29, 0.717) is 12.4 Å². The van der Waals surface area contributed by atoms with Crippen LogP contribution in [0.2, 0.25) is 0 Å². The van der Waals surface area contributed by atoms with Crippen molar-refractivity contribution in [3.05, 3.63) is 29.8 Å². The summed E-state index contributed by atoms with van der Waals surface area (Å²) < 4.78 is 6.83. The number of aromatic nitrogens is 3. The van der Waals surface area contributed by atoms with Crippen LogP contribution in [-0.2, 0) is 24.8 Å². The molecule has 0 spiro atoms. The summed E-state index contributed by atoms with van der Waals surface area (Å²) in [5, 5.41) is 10.8. The largest absolute Gasteiger partial charge is 0.360 e. The van der Waals surface area contributed by atoms with Gasteiger partial charge < -0.3 is 9.84 Å². The minimum atomic E-state index is -0.110. The highest BCUT2D eigenvalue weighted by atomic mass is 16.5. The lowest BCUT2D eigenvalue weighted by molar-refractivity contribution is -0.117. The van der Waals surface area contributed by atoms with Gasteiger partial charge in [0.1, 0.15) is 0 Å². The number of aryl methyl sites for hydroxylation is 2. The molecule has 0 aliphatic heterocycles. The molecule has 20 heavy (non-hydrogen) atoms. The van der Waals surface area contributed by atoms with Crippen molar-refractivity contribution in [2.75, 3.05) is 18.9 Å². The number of anilines is 1. The summed E-state index contributed by atoms with van der Waals surface area (Å²) in [6, 6.07) is 3.66. The van der Waals surface area contributed by atoms with Crippen LogP contribution in [0.25, 0.3) is 0 Å².